The normalized spacial score (nSPS) is 15.4. The number of hydrogen-bond acceptors (Lipinski definition) is 3. The zero-order chi connectivity index (χ0) is 22.2. The lowest BCUT2D eigenvalue weighted by molar-refractivity contribution is 0.184. The molecule has 2 heterocycles. The summed E-state index contributed by atoms with van der Waals surface area (Å²) in [6, 6.07) is 12.2. The highest BCUT2D eigenvalue weighted by atomic mass is 35.5. The van der Waals surface area contributed by atoms with Gasteiger partial charge in [-0.2, -0.15) is 4.31 Å². The van der Waals surface area contributed by atoms with Crippen LogP contribution in [0.4, 0.5) is 10.5 Å². The topological polar surface area (TPSA) is 74.7 Å². The third kappa shape index (κ3) is 4.15. The Bertz CT molecular complexity index is 1230. The maximum absolute atomic E-state index is 13.1. The van der Waals surface area contributed by atoms with E-state index < -0.39 is 10.0 Å². The molecule has 0 spiro atoms. The van der Waals surface area contributed by atoms with Gasteiger partial charge < -0.3 is 14.8 Å². The van der Waals surface area contributed by atoms with Crippen LogP contribution in [0.1, 0.15) is 12.5 Å². The molecule has 9 heteroatoms. The maximum Gasteiger partial charge on any atom is 0.321 e. The monoisotopic (exact) mass is 460 g/mol. The van der Waals surface area contributed by atoms with Gasteiger partial charge in [0.05, 0.1) is 4.90 Å². The van der Waals surface area contributed by atoms with Crippen LogP contribution < -0.4 is 5.32 Å². The molecule has 0 atom stereocenters. The van der Waals surface area contributed by atoms with Gasteiger partial charge in [-0.25, -0.2) is 13.2 Å². The van der Waals surface area contributed by atoms with Gasteiger partial charge in [0.1, 0.15) is 0 Å². The van der Waals surface area contributed by atoms with E-state index in [-0.39, 0.29) is 24.0 Å². The number of fused-ring (bicyclic) bond motifs is 1. The molecule has 7 nitrogen and oxygen atoms in total. The Morgan fingerprint density at radius 3 is 2.55 bits per heavy atom. The first-order valence-electron chi connectivity index (χ1n) is 10.2. The van der Waals surface area contributed by atoms with Crippen LogP contribution in [0.15, 0.2) is 53.6 Å². The second-order valence-electron chi connectivity index (χ2n) is 7.56. The largest absolute Gasteiger partial charge is 0.348 e. The number of benzene rings is 2. The Hall–Kier alpha value is -2.55. The van der Waals surface area contributed by atoms with Crippen LogP contribution in [0.25, 0.3) is 10.9 Å². The van der Waals surface area contributed by atoms with Gasteiger partial charge in [-0.05, 0) is 55.8 Å². The van der Waals surface area contributed by atoms with Crippen molar-refractivity contribution < 1.29 is 13.2 Å². The lowest BCUT2D eigenvalue weighted by atomic mass is 10.2. The molecule has 3 aromatic rings. The number of hydrogen-bond donors (Lipinski definition) is 1. The fourth-order valence-electron chi connectivity index (χ4n) is 3.83. The highest BCUT2D eigenvalue weighted by Crippen LogP contribution is 2.25. The van der Waals surface area contributed by atoms with Gasteiger partial charge in [0.25, 0.3) is 0 Å². The molecule has 1 aliphatic rings. The highest BCUT2D eigenvalue weighted by Gasteiger charge is 2.30. The van der Waals surface area contributed by atoms with Crippen molar-refractivity contribution >= 4 is 44.2 Å². The molecule has 4 rings (SSSR count). The predicted octanol–water partition coefficient (Wildman–Crippen LogP) is 4.16. The molecule has 31 heavy (non-hydrogen) atoms. The van der Waals surface area contributed by atoms with Crippen LogP contribution in [0.3, 0.4) is 0 Å². The van der Waals surface area contributed by atoms with Crippen molar-refractivity contribution in [2.24, 2.45) is 0 Å². The summed E-state index contributed by atoms with van der Waals surface area (Å²) >= 11 is 6.12. The Kier molecular flexibility index (Phi) is 5.96. The van der Waals surface area contributed by atoms with Gasteiger partial charge >= 0.3 is 6.03 Å². The molecule has 2 aromatic carbocycles. The molecule has 1 aliphatic heterocycles. The average Bonchev–Trinajstić information content (AvgIpc) is 3.19. The number of urea groups is 1. The van der Waals surface area contributed by atoms with Crippen LogP contribution in [0.5, 0.6) is 0 Å². The van der Waals surface area contributed by atoms with E-state index in [4.69, 9.17) is 11.6 Å². The Morgan fingerprint density at radius 2 is 1.84 bits per heavy atom. The van der Waals surface area contributed by atoms with Crippen molar-refractivity contribution in [2.45, 2.75) is 25.3 Å². The number of sulfonamides is 1. The summed E-state index contributed by atoms with van der Waals surface area (Å²) in [6.07, 6.45) is 1.96. The number of aromatic nitrogens is 1. The SMILES string of the molecule is CCn1ccc2cc(S(=O)(=O)N3CCN(C(=O)Nc4cccc(Cl)c4C)CC3)ccc21. The summed E-state index contributed by atoms with van der Waals surface area (Å²) in [6.45, 7) is 5.85. The van der Waals surface area contributed by atoms with E-state index in [9.17, 15) is 13.2 Å². The molecule has 2 amide bonds. The van der Waals surface area contributed by atoms with Crippen LogP contribution >= 0.6 is 11.6 Å². The van der Waals surface area contributed by atoms with Crippen LogP contribution in [-0.4, -0.2) is 54.4 Å². The van der Waals surface area contributed by atoms with Crippen LogP contribution in [-0.2, 0) is 16.6 Å². The van der Waals surface area contributed by atoms with Gasteiger partial charge in [0.2, 0.25) is 10.0 Å². The molecule has 1 saturated heterocycles. The molecule has 0 aliphatic carbocycles. The molecule has 1 fully saturated rings. The summed E-state index contributed by atoms with van der Waals surface area (Å²) in [7, 11) is -3.62. The van der Waals surface area contributed by atoms with E-state index in [1.54, 1.807) is 35.2 Å². The first kappa shape index (κ1) is 21.7. The van der Waals surface area contributed by atoms with Crippen molar-refractivity contribution in [1.29, 1.82) is 0 Å². The summed E-state index contributed by atoms with van der Waals surface area (Å²) in [5, 5.41) is 4.35. The van der Waals surface area contributed by atoms with Crippen molar-refractivity contribution in [2.75, 3.05) is 31.5 Å². The number of carbonyl (C=O) groups excluding carboxylic acids is 1. The van der Waals surface area contributed by atoms with E-state index in [0.29, 0.717) is 23.8 Å². The summed E-state index contributed by atoms with van der Waals surface area (Å²) < 4.78 is 29.8. The maximum atomic E-state index is 13.1. The van der Waals surface area contributed by atoms with Gasteiger partial charge in [0.15, 0.2) is 0 Å². The first-order valence-corrected chi connectivity index (χ1v) is 12.0. The number of nitrogens with one attached hydrogen (secondary N) is 1. The number of halogens is 1. The smallest absolute Gasteiger partial charge is 0.321 e. The fraction of sp³-hybridized carbons (Fsp3) is 0.318. The molecular weight excluding hydrogens is 436 g/mol. The third-order valence-corrected chi connectivity index (χ3v) is 8.06. The highest BCUT2D eigenvalue weighted by molar-refractivity contribution is 7.89. The van der Waals surface area contributed by atoms with Gasteiger partial charge in [0, 0.05) is 60.5 Å². The predicted molar refractivity (Wildman–Crippen MR) is 123 cm³/mol. The molecule has 164 valence electrons. The number of amides is 2. The van der Waals surface area contributed by atoms with Crippen LogP contribution in [0, 0.1) is 6.92 Å². The number of rotatable bonds is 4. The average molecular weight is 461 g/mol. The first-order chi connectivity index (χ1) is 14.8. The second-order valence-corrected chi connectivity index (χ2v) is 9.90. The molecular formula is C22H25ClN4O3S. The second kappa shape index (κ2) is 8.53. The van der Waals surface area contributed by atoms with Gasteiger partial charge in [-0.15, -0.1) is 0 Å². The number of anilines is 1. The number of piperazine rings is 1. The Labute approximate surface area is 187 Å². The molecule has 0 unspecified atom stereocenters. The van der Waals surface area contributed by atoms with Crippen molar-refractivity contribution in [3.8, 4) is 0 Å². The lowest BCUT2D eigenvalue weighted by Crippen LogP contribution is -2.51. The van der Waals surface area contributed by atoms with E-state index in [2.05, 4.69) is 9.88 Å². The Balaban J connectivity index is 1.44. The molecule has 0 saturated carbocycles. The molecule has 0 bridgehead atoms. The van der Waals surface area contributed by atoms with E-state index in [1.807, 2.05) is 32.2 Å². The minimum Gasteiger partial charge on any atom is -0.348 e. The van der Waals surface area contributed by atoms with Gasteiger partial charge in [-0.1, -0.05) is 17.7 Å². The molecule has 1 aromatic heterocycles. The summed E-state index contributed by atoms with van der Waals surface area (Å²) in [5.74, 6) is 0. The zero-order valence-electron chi connectivity index (χ0n) is 17.5. The van der Waals surface area contributed by atoms with Crippen molar-refractivity contribution in [3.05, 3.63) is 59.2 Å². The quantitative estimate of drug-likeness (QED) is 0.635. The molecule has 0 radical (unpaired) electrons. The lowest BCUT2D eigenvalue weighted by Gasteiger charge is -2.34. The standard InChI is InChI=1S/C22H25ClN4O3S/c1-3-25-10-9-17-15-18(7-8-21(17)25)31(29,30)27-13-11-26(12-14-27)22(28)24-20-6-4-5-19(23)16(20)2/h4-10,15H,3,11-14H2,1-2H3,(H,24,28). The van der Waals surface area contributed by atoms with Gasteiger partial charge in [-0.3, -0.25) is 0 Å². The van der Waals surface area contributed by atoms with Crippen molar-refractivity contribution in [3.63, 3.8) is 0 Å². The van der Waals surface area contributed by atoms with Crippen molar-refractivity contribution in [1.82, 2.24) is 13.8 Å². The summed E-state index contributed by atoms with van der Waals surface area (Å²) in [4.78, 5) is 14.5. The van der Waals surface area contributed by atoms with Crippen LogP contribution in [0.2, 0.25) is 5.02 Å². The molecule has 1 N–H and O–H groups in total. The van der Waals surface area contributed by atoms with E-state index >= 15 is 0 Å². The fourth-order valence-corrected chi connectivity index (χ4v) is 5.46. The van der Waals surface area contributed by atoms with E-state index in [0.717, 1.165) is 23.0 Å². The zero-order valence-corrected chi connectivity index (χ0v) is 19.1. The number of carbonyl (C=O) groups is 1. The number of nitrogens with zero attached hydrogens (tertiary/aromatic N) is 3. The Morgan fingerprint density at radius 1 is 1.10 bits per heavy atom. The minimum absolute atomic E-state index is 0.248. The number of aryl methyl sites for hydroxylation is 1. The summed E-state index contributed by atoms with van der Waals surface area (Å²) in [5.41, 5.74) is 2.46. The van der Waals surface area contributed by atoms with E-state index in [1.165, 1.54) is 4.31 Å². The third-order valence-electron chi connectivity index (χ3n) is 5.76. The minimum atomic E-state index is -3.62.